The van der Waals surface area contributed by atoms with Crippen LogP contribution in [0.4, 0.5) is 0 Å². The van der Waals surface area contributed by atoms with Gasteiger partial charge in [0.2, 0.25) is 0 Å². The molecule has 69 heavy (non-hydrogen) atoms. The molecule has 0 saturated heterocycles. The molecule has 0 aliphatic heterocycles. The highest BCUT2D eigenvalue weighted by molar-refractivity contribution is 5.71. The first kappa shape index (κ1) is 63.8. The SMILES string of the molecule is CC/C=C\C/C=C\C/C=C\C/C=C\C/C=C\CCC(=O)OCC(COC(=O)CCCCCCCC/C=C\C/C=C\C/C=C\C/C=C\CC)OC(=O)CC/C=C\C/C=C\C/C=C\C/C=C\C/C=C\CC. The van der Waals surface area contributed by atoms with Gasteiger partial charge in [-0.25, -0.2) is 0 Å². The normalized spacial score (nSPS) is 13.5. The third-order valence-corrected chi connectivity index (χ3v) is 10.2. The predicted octanol–water partition coefficient (Wildman–Crippen LogP) is 18.0. The van der Waals surface area contributed by atoms with Crippen LogP contribution in [0.15, 0.2) is 170 Å². The molecule has 0 rings (SSSR count). The lowest BCUT2D eigenvalue weighted by atomic mass is 10.1. The predicted molar refractivity (Wildman–Crippen MR) is 297 cm³/mol. The second-order valence-corrected chi connectivity index (χ2v) is 16.6. The molecule has 0 radical (unpaired) electrons. The minimum Gasteiger partial charge on any atom is -0.462 e. The van der Waals surface area contributed by atoms with Crippen molar-refractivity contribution in [1.82, 2.24) is 0 Å². The summed E-state index contributed by atoms with van der Waals surface area (Å²) in [6.07, 6.45) is 82.2. The van der Waals surface area contributed by atoms with Crippen LogP contribution in [0.5, 0.6) is 0 Å². The van der Waals surface area contributed by atoms with E-state index in [1.54, 1.807) is 0 Å². The van der Waals surface area contributed by atoms with Crippen LogP contribution in [0.1, 0.15) is 188 Å². The largest absolute Gasteiger partial charge is 0.462 e. The van der Waals surface area contributed by atoms with Gasteiger partial charge in [0.15, 0.2) is 6.10 Å². The molecule has 382 valence electrons. The van der Waals surface area contributed by atoms with Gasteiger partial charge >= 0.3 is 17.9 Å². The molecule has 1 unspecified atom stereocenters. The van der Waals surface area contributed by atoms with Crippen molar-refractivity contribution in [2.24, 2.45) is 0 Å². The summed E-state index contributed by atoms with van der Waals surface area (Å²) in [5.41, 5.74) is 0. The van der Waals surface area contributed by atoms with Gasteiger partial charge in [0, 0.05) is 19.3 Å². The third kappa shape index (κ3) is 53.6. The molecule has 0 aliphatic rings. The average molecular weight is 947 g/mol. The van der Waals surface area contributed by atoms with Crippen molar-refractivity contribution in [3.63, 3.8) is 0 Å². The number of esters is 3. The number of hydrogen-bond acceptors (Lipinski definition) is 6. The quantitative estimate of drug-likeness (QED) is 0.0262. The molecule has 0 spiro atoms. The fraction of sp³-hybridized carbons (Fsp3) is 0.508. The summed E-state index contributed by atoms with van der Waals surface area (Å²) in [5.74, 6) is -1.15. The van der Waals surface area contributed by atoms with Gasteiger partial charge in [0.25, 0.3) is 0 Å². The lowest BCUT2D eigenvalue weighted by molar-refractivity contribution is -0.166. The van der Waals surface area contributed by atoms with Crippen molar-refractivity contribution in [2.75, 3.05) is 13.2 Å². The van der Waals surface area contributed by atoms with Crippen molar-refractivity contribution in [3.05, 3.63) is 170 Å². The van der Waals surface area contributed by atoms with Crippen LogP contribution in [0, 0.1) is 0 Å². The number of carbonyl (C=O) groups is 3. The number of allylic oxidation sites excluding steroid dienone is 28. The second kappa shape index (κ2) is 55.4. The van der Waals surface area contributed by atoms with Gasteiger partial charge in [0.05, 0.1) is 0 Å². The highest BCUT2D eigenvalue weighted by atomic mass is 16.6. The molecule has 6 nitrogen and oxygen atoms in total. The second-order valence-electron chi connectivity index (χ2n) is 16.6. The Hall–Kier alpha value is -5.23. The van der Waals surface area contributed by atoms with Gasteiger partial charge in [-0.1, -0.05) is 217 Å². The van der Waals surface area contributed by atoms with Crippen LogP contribution in [-0.4, -0.2) is 37.2 Å². The minimum absolute atomic E-state index is 0.147. The summed E-state index contributed by atoms with van der Waals surface area (Å²) >= 11 is 0. The van der Waals surface area contributed by atoms with Gasteiger partial charge < -0.3 is 14.2 Å². The van der Waals surface area contributed by atoms with Crippen molar-refractivity contribution in [1.29, 1.82) is 0 Å². The van der Waals surface area contributed by atoms with E-state index in [2.05, 4.69) is 167 Å². The highest BCUT2D eigenvalue weighted by Gasteiger charge is 2.19. The zero-order chi connectivity index (χ0) is 50.0. The first-order valence-corrected chi connectivity index (χ1v) is 26.6. The summed E-state index contributed by atoms with van der Waals surface area (Å²) in [6.45, 7) is 6.13. The Morgan fingerprint density at radius 2 is 0.551 bits per heavy atom. The van der Waals surface area contributed by atoms with E-state index in [1.165, 1.54) is 12.8 Å². The van der Waals surface area contributed by atoms with Crippen molar-refractivity contribution >= 4 is 17.9 Å². The van der Waals surface area contributed by atoms with E-state index in [0.717, 1.165) is 122 Å². The highest BCUT2D eigenvalue weighted by Crippen LogP contribution is 2.11. The Morgan fingerprint density at radius 3 is 0.899 bits per heavy atom. The summed E-state index contributed by atoms with van der Waals surface area (Å²) in [5, 5.41) is 0. The molecule has 0 fully saturated rings. The summed E-state index contributed by atoms with van der Waals surface area (Å²) in [4.78, 5) is 38.0. The first-order chi connectivity index (χ1) is 34.0. The maximum absolute atomic E-state index is 12.8. The van der Waals surface area contributed by atoms with E-state index in [1.807, 2.05) is 24.3 Å². The fourth-order valence-corrected chi connectivity index (χ4v) is 6.35. The zero-order valence-electron chi connectivity index (χ0n) is 43.5. The molecule has 0 aromatic carbocycles. The Kier molecular flexibility index (Phi) is 51.2. The van der Waals surface area contributed by atoms with Gasteiger partial charge in [0.1, 0.15) is 13.2 Å². The molecule has 6 heteroatoms. The molecule has 0 heterocycles. The maximum atomic E-state index is 12.8. The van der Waals surface area contributed by atoms with Crippen molar-refractivity contribution in [2.45, 2.75) is 194 Å². The Morgan fingerprint density at radius 1 is 0.290 bits per heavy atom. The molecule has 0 saturated carbocycles. The van der Waals surface area contributed by atoms with E-state index in [-0.39, 0.29) is 38.0 Å². The fourth-order valence-electron chi connectivity index (χ4n) is 6.35. The standard InChI is InChI=1S/C63H94O6/c1-4-7-10-13-16-19-22-25-28-31-32-33-36-38-41-44-47-50-53-56-62(65)68-59-60(69-63(66)57-54-51-48-45-42-39-35-30-27-24-21-18-15-12-9-6-3)58-67-61(64)55-52-49-46-43-40-37-34-29-26-23-20-17-14-11-8-5-2/h7-12,16-21,25-30,32-33,37,39-40,42,46,48-49,51,60H,4-6,13-15,22-24,31,34-36,38,41,43-45,47,50,52-59H2,1-3H3/b10-7-,11-8-,12-9-,19-16-,20-17-,21-18-,28-25-,29-26-,30-27-,33-32-,40-37-,42-39-,49-46-,51-48-. The van der Waals surface area contributed by atoms with E-state index >= 15 is 0 Å². The Bertz CT molecular complexity index is 1650. The Balaban J connectivity index is 4.65. The molecular formula is C63H94O6. The molecule has 0 bridgehead atoms. The van der Waals surface area contributed by atoms with Gasteiger partial charge in [-0.05, 0) is 122 Å². The Labute approximate surface area is 422 Å². The van der Waals surface area contributed by atoms with Gasteiger partial charge in [-0.2, -0.15) is 0 Å². The van der Waals surface area contributed by atoms with E-state index in [9.17, 15) is 14.4 Å². The zero-order valence-corrected chi connectivity index (χ0v) is 43.5. The molecule has 0 aliphatic carbocycles. The topological polar surface area (TPSA) is 78.9 Å². The smallest absolute Gasteiger partial charge is 0.306 e. The molecule has 0 aromatic rings. The number of ether oxygens (including phenoxy) is 3. The number of unbranched alkanes of at least 4 members (excludes halogenated alkanes) is 6. The van der Waals surface area contributed by atoms with Crippen LogP contribution < -0.4 is 0 Å². The molecule has 0 amide bonds. The lowest BCUT2D eigenvalue weighted by Gasteiger charge is -2.18. The van der Waals surface area contributed by atoms with Crippen LogP contribution >= 0.6 is 0 Å². The van der Waals surface area contributed by atoms with E-state index in [4.69, 9.17) is 14.2 Å². The lowest BCUT2D eigenvalue weighted by Crippen LogP contribution is -2.30. The van der Waals surface area contributed by atoms with Crippen LogP contribution in [0.2, 0.25) is 0 Å². The first-order valence-electron chi connectivity index (χ1n) is 26.6. The van der Waals surface area contributed by atoms with Crippen molar-refractivity contribution in [3.8, 4) is 0 Å². The van der Waals surface area contributed by atoms with Gasteiger partial charge in [-0.15, -0.1) is 0 Å². The molecular weight excluding hydrogens is 853 g/mol. The summed E-state index contributed by atoms with van der Waals surface area (Å²) < 4.78 is 16.7. The monoisotopic (exact) mass is 947 g/mol. The van der Waals surface area contributed by atoms with Crippen molar-refractivity contribution < 1.29 is 28.6 Å². The summed E-state index contributed by atoms with van der Waals surface area (Å²) in [6, 6.07) is 0. The third-order valence-electron chi connectivity index (χ3n) is 10.2. The number of rotatable bonds is 45. The van der Waals surface area contributed by atoms with E-state index < -0.39 is 12.1 Å². The van der Waals surface area contributed by atoms with Crippen LogP contribution in [-0.2, 0) is 28.6 Å². The van der Waals surface area contributed by atoms with Gasteiger partial charge in [-0.3, -0.25) is 14.4 Å². The minimum atomic E-state index is -0.863. The number of carbonyl (C=O) groups excluding carboxylic acids is 3. The maximum Gasteiger partial charge on any atom is 0.306 e. The molecule has 0 aromatic heterocycles. The van der Waals surface area contributed by atoms with Crippen LogP contribution in [0.3, 0.4) is 0 Å². The molecule has 1 atom stereocenters. The number of hydrogen-bond donors (Lipinski definition) is 0. The van der Waals surface area contributed by atoms with E-state index in [0.29, 0.717) is 19.3 Å². The summed E-state index contributed by atoms with van der Waals surface area (Å²) in [7, 11) is 0. The molecule has 0 N–H and O–H groups in total. The average Bonchev–Trinajstić information content (AvgIpc) is 3.35. The van der Waals surface area contributed by atoms with Crippen LogP contribution in [0.25, 0.3) is 0 Å².